The molecule has 0 amide bonds. The fourth-order valence-corrected chi connectivity index (χ4v) is 1.41. The summed E-state index contributed by atoms with van der Waals surface area (Å²) in [5, 5.41) is 34.1. The molecular weight excluding hydrogens is 173 g/mol. The Bertz CT molecular complexity index is 139. The van der Waals surface area contributed by atoms with E-state index in [-0.39, 0.29) is 0 Å². The van der Waals surface area contributed by atoms with Gasteiger partial charge >= 0.3 is 0 Å². The van der Waals surface area contributed by atoms with Crippen molar-refractivity contribution in [1.82, 2.24) is 4.67 Å². The summed E-state index contributed by atoms with van der Waals surface area (Å²) >= 11 is 0. The predicted octanol–water partition coefficient (Wildman–Crippen LogP) is -1.63. The molecule has 7 heteroatoms. The average Bonchev–Trinajstić information content (AvgIpc) is 2.06. The fraction of sp³-hybridized carbons (Fsp3) is 1.00. The highest BCUT2D eigenvalue weighted by Gasteiger charge is 2.27. The van der Waals surface area contributed by atoms with E-state index in [9.17, 15) is 4.57 Å². The lowest BCUT2D eigenvalue weighted by atomic mass is 11.1. The van der Waals surface area contributed by atoms with Crippen LogP contribution >= 0.6 is 7.29 Å². The first-order chi connectivity index (χ1) is 5.14. The summed E-state index contributed by atoms with van der Waals surface area (Å²) in [7, 11) is -3.35. The smallest absolute Gasteiger partial charge is 0.202 e. The highest BCUT2D eigenvalue weighted by atomic mass is 31.2. The van der Waals surface area contributed by atoms with Gasteiger partial charge in [0.05, 0.1) is 0 Å². The van der Waals surface area contributed by atoms with Crippen LogP contribution in [-0.4, -0.2) is 51.3 Å². The second-order valence-electron chi connectivity index (χ2n) is 1.92. The van der Waals surface area contributed by atoms with Crippen LogP contribution in [0.4, 0.5) is 0 Å². The van der Waals surface area contributed by atoms with Crippen LogP contribution in [-0.2, 0) is 4.57 Å². The fourth-order valence-electron chi connectivity index (χ4n) is 0.499. The molecule has 0 aromatic carbocycles. The molecule has 0 radical (unpaired) electrons. The SMILES string of the molecule is O=P(CO)(CO)N(CO)CO. The molecule has 0 aliphatic carbocycles. The summed E-state index contributed by atoms with van der Waals surface area (Å²) in [6.07, 6.45) is -1.52. The van der Waals surface area contributed by atoms with E-state index in [0.29, 0.717) is 4.67 Å². The predicted molar refractivity (Wildman–Crippen MR) is 37.8 cm³/mol. The Morgan fingerprint density at radius 1 is 1.00 bits per heavy atom. The van der Waals surface area contributed by atoms with E-state index in [1.807, 2.05) is 0 Å². The third-order valence-corrected chi connectivity index (χ3v) is 3.45. The molecule has 11 heavy (non-hydrogen) atoms. The van der Waals surface area contributed by atoms with Crippen molar-refractivity contribution >= 4 is 7.29 Å². The zero-order valence-electron chi connectivity index (χ0n) is 5.92. The maximum atomic E-state index is 11.2. The van der Waals surface area contributed by atoms with E-state index in [0.717, 1.165) is 0 Å². The molecule has 0 atom stereocenters. The molecule has 0 heterocycles. The van der Waals surface area contributed by atoms with Crippen molar-refractivity contribution in [1.29, 1.82) is 0 Å². The normalized spacial score (nSPS) is 12.5. The van der Waals surface area contributed by atoms with Crippen molar-refractivity contribution in [3.8, 4) is 0 Å². The van der Waals surface area contributed by atoms with E-state index in [2.05, 4.69) is 0 Å². The van der Waals surface area contributed by atoms with Crippen molar-refractivity contribution < 1.29 is 25.0 Å². The zero-order valence-corrected chi connectivity index (χ0v) is 6.81. The molecule has 0 saturated carbocycles. The Labute approximate surface area is 64.1 Å². The van der Waals surface area contributed by atoms with E-state index in [1.165, 1.54) is 0 Å². The van der Waals surface area contributed by atoms with Crippen molar-refractivity contribution in [2.75, 3.05) is 26.2 Å². The minimum Gasteiger partial charge on any atom is -0.387 e. The Kier molecular flexibility index (Phi) is 4.83. The van der Waals surface area contributed by atoms with Crippen LogP contribution in [0.15, 0.2) is 0 Å². The molecule has 68 valence electrons. The zero-order chi connectivity index (χ0) is 8.91. The van der Waals surface area contributed by atoms with Gasteiger partial charge in [-0.2, -0.15) is 0 Å². The van der Waals surface area contributed by atoms with E-state index >= 15 is 0 Å². The molecule has 0 fully saturated rings. The Morgan fingerprint density at radius 2 is 1.36 bits per heavy atom. The van der Waals surface area contributed by atoms with Gasteiger partial charge in [-0.25, -0.2) is 4.67 Å². The number of rotatable bonds is 5. The van der Waals surface area contributed by atoms with Gasteiger partial charge in [-0.3, -0.25) is 0 Å². The van der Waals surface area contributed by atoms with E-state index < -0.39 is 33.5 Å². The van der Waals surface area contributed by atoms with E-state index in [1.54, 1.807) is 0 Å². The quantitative estimate of drug-likeness (QED) is 0.303. The monoisotopic (exact) mass is 185 g/mol. The van der Waals surface area contributed by atoms with Crippen molar-refractivity contribution in [3.63, 3.8) is 0 Å². The lowest BCUT2D eigenvalue weighted by molar-refractivity contribution is 0.0880. The van der Waals surface area contributed by atoms with Gasteiger partial charge in [-0.15, -0.1) is 0 Å². The topological polar surface area (TPSA) is 101 Å². The summed E-state index contributed by atoms with van der Waals surface area (Å²) in [4.78, 5) is 0. The molecule has 4 N–H and O–H groups in total. The Balaban J connectivity index is 4.32. The van der Waals surface area contributed by atoms with Crippen LogP contribution in [0, 0.1) is 0 Å². The second-order valence-corrected chi connectivity index (χ2v) is 4.74. The lowest BCUT2D eigenvalue weighted by Crippen LogP contribution is -2.25. The summed E-state index contributed by atoms with van der Waals surface area (Å²) in [5.41, 5.74) is 0. The van der Waals surface area contributed by atoms with Crippen LogP contribution in [0.25, 0.3) is 0 Å². The van der Waals surface area contributed by atoms with Gasteiger partial charge in [0, 0.05) is 0 Å². The summed E-state index contributed by atoms with van der Waals surface area (Å²) in [6.45, 7) is -1.32. The molecule has 0 rings (SSSR count). The number of hydrogen-bond acceptors (Lipinski definition) is 5. The van der Waals surface area contributed by atoms with Crippen molar-refractivity contribution in [2.45, 2.75) is 0 Å². The minimum atomic E-state index is -3.35. The first kappa shape index (κ1) is 11.0. The molecule has 0 aliphatic rings. The van der Waals surface area contributed by atoms with Crippen LogP contribution in [0.3, 0.4) is 0 Å². The summed E-state index contributed by atoms with van der Waals surface area (Å²) < 4.78 is 11.9. The first-order valence-corrected chi connectivity index (χ1v) is 4.94. The van der Waals surface area contributed by atoms with Crippen LogP contribution in [0.5, 0.6) is 0 Å². The number of hydrogen-bond donors (Lipinski definition) is 4. The summed E-state index contributed by atoms with van der Waals surface area (Å²) in [5.74, 6) is 0. The van der Waals surface area contributed by atoms with Gasteiger partial charge in [-0.1, -0.05) is 0 Å². The number of aliphatic hydroxyl groups is 4. The lowest BCUT2D eigenvalue weighted by Gasteiger charge is -2.24. The van der Waals surface area contributed by atoms with Gasteiger partial charge in [0.15, 0.2) is 0 Å². The maximum absolute atomic E-state index is 11.2. The van der Waals surface area contributed by atoms with Crippen LogP contribution < -0.4 is 0 Å². The van der Waals surface area contributed by atoms with Gasteiger partial charge in [-0.05, 0) is 0 Å². The second kappa shape index (κ2) is 4.82. The molecule has 0 spiro atoms. The van der Waals surface area contributed by atoms with Crippen molar-refractivity contribution in [3.05, 3.63) is 0 Å². The third-order valence-electron chi connectivity index (χ3n) is 1.28. The molecule has 0 saturated heterocycles. The number of nitrogens with zero attached hydrogens (tertiary/aromatic N) is 1. The molecule has 6 nitrogen and oxygen atoms in total. The molecule has 0 aromatic rings. The van der Waals surface area contributed by atoms with Gasteiger partial charge < -0.3 is 25.0 Å². The Hall–Kier alpha value is 0.0300. The number of aliphatic hydroxyl groups excluding tert-OH is 4. The Morgan fingerprint density at radius 3 is 1.45 bits per heavy atom. The van der Waals surface area contributed by atoms with Crippen LogP contribution in [0.2, 0.25) is 0 Å². The molecular formula is C4H12NO5P. The highest BCUT2D eigenvalue weighted by molar-refractivity contribution is 7.61. The van der Waals surface area contributed by atoms with Gasteiger partial charge in [0.2, 0.25) is 7.29 Å². The molecule has 0 unspecified atom stereocenters. The molecule has 0 aliphatic heterocycles. The minimum absolute atomic E-state index is 0.658. The standard InChI is InChI=1S/C4H12NO5P/c6-1-5(2-7)11(10,3-8)4-9/h6-9H,1-4H2. The third kappa shape index (κ3) is 2.52. The van der Waals surface area contributed by atoms with Crippen LogP contribution in [0.1, 0.15) is 0 Å². The highest BCUT2D eigenvalue weighted by Crippen LogP contribution is 2.46. The average molecular weight is 185 g/mol. The summed E-state index contributed by atoms with van der Waals surface area (Å²) in [6, 6.07) is 0. The van der Waals surface area contributed by atoms with Crippen molar-refractivity contribution in [2.24, 2.45) is 0 Å². The van der Waals surface area contributed by atoms with Gasteiger partial charge in [0.1, 0.15) is 26.2 Å². The first-order valence-electron chi connectivity index (χ1n) is 2.91. The van der Waals surface area contributed by atoms with Gasteiger partial charge in [0.25, 0.3) is 0 Å². The molecule has 0 bridgehead atoms. The largest absolute Gasteiger partial charge is 0.387 e. The molecule has 0 aromatic heterocycles. The maximum Gasteiger partial charge on any atom is 0.202 e. The van der Waals surface area contributed by atoms with E-state index in [4.69, 9.17) is 20.4 Å².